The zero-order valence-corrected chi connectivity index (χ0v) is 15.1. The van der Waals surface area contributed by atoms with Gasteiger partial charge in [0.05, 0.1) is 11.6 Å². The number of nitrogens with one attached hydrogen (secondary N) is 1. The summed E-state index contributed by atoms with van der Waals surface area (Å²) in [6, 6.07) is 1.66. The van der Waals surface area contributed by atoms with Crippen molar-refractivity contribution in [1.82, 2.24) is 10.2 Å². The van der Waals surface area contributed by atoms with Gasteiger partial charge in [-0.25, -0.2) is 0 Å². The number of ketones is 1. The highest BCUT2D eigenvalue weighted by Crippen LogP contribution is 2.34. The molecule has 2 aliphatic rings. The number of aryl methyl sites for hydroxylation is 1. The highest BCUT2D eigenvalue weighted by atomic mass is 16.5. The Balaban J connectivity index is 1.94. The third-order valence-corrected chi connectivity index (χ3v) is 5.97. The molecule has 1 N–H and O–H groups in total. The summed E-state index contributed by atoms with van der Waals surface area (Å²) in [6.45, 7) is 9.00. The van der Waals surface area contributed by atoms with E-state index >= 15 is 0 Å². The van der Waals surface area contributed by atoms with Crippen molar-refractivity contribution in [3.8, 4) is 0 Å². The van der Waals surface area contributed by atoms with Crippen molar-refractivity contribution in [2.24, 2.45) is 0 Å². The molecule has 5 heteroatoms. The molecule has 1 atom stereocenters. The van der Waals surface area contributed by atoms with E-state index in [0.29, 0.717) is 11.3 Å². The van der Waals surface area contributed by atoms with Crippen molar-refractivity contribution in [3.05, 3.63) is 34.3 Å². The molecule has 2 saturated heterocycles. The molecular formula is C19H29N3O2. The summed E-state index contributed by atoms with van der Waals surface area (Å²) in [4.78, 5) is 15.8. The predicted molar refractivity (Wildman–Crippen MR) is 94.1 cm³/mol. The lowest BCUT2D eigenvalue weighted by molar-refractivity contribution is -0.612. The van der Waals surface area contributed by atoms with E-state index in [9.17, 15) is 10.0 Å². The maximum Gasteiger partial charge on any atom is 0.200 e. The van der Waals surface area contributed by atoms with E-state index in [1.807, 2.05) is 6.92 Å². The fourth-order valence-electron chi connectivity index (χ4n) is 4.41. The third kappa shape index (κ3) is 3.07. The zero-order chi connectivity index (χ0) is 17.3. The van der Waals surface area contributed by atoms with Crippen molar-refractivity contribution in [2.45, 2.75) is 64.5 Å². The SMILES string of the molecule is Cc1cc[n+]([O-])c(C)c1C(=O)C1CCCCN1C1(C)CCNCC1. The smallest absolute Gasteiger partial charge is 0.200 e. The molecule has 5 nitrogen and oxygen atoms in total. The summed E-state index contributed by atoms with van der Waals surface area (Å²) in [5, 5.41) is 15.4. The number of hydrogen-bond donors (Lipinski definition) is 1. The Bertz CT molecular complexity index is 623. The van der Waals surface area contributed by atoms with Gasteiger partial charge in [-0.05, 0) is 64.7 Å². The molecule has 24 heavy (non-hydrogen) atoms. The lowest BCUT2D eigenvalue weighted by Crippen LogP contribution is -2.60. The Labute approximate surface area is 144 Å². The van der Waals surface area contributed by atoms with Gasteiger partial charge in [-0.1, -0.05) is 6.42 Å². The number of carbonyl (C=O) groups is 1. The maximum absolute atomic E-state index is 13.4. The topological polar surface area (TPSA) is 59.3 Å². The first-order valence-corrected chi connectivity index (χ1v) is 9.15. The minimum atomic E-state index is -0.0957. The summed E-state index contributed by atoms with van der Waals surface area (Å²) in [7, 11) is 0. The van der Waals surface area contributed by atoms with E-state index in [1.54, 1.807) is 13.0 Å². The highest BCUT2D eigenvalue weighted by Gasteiger charge is 2.42. The van der Waals surface area contributed by atoms with E-state index in [1.165, 1.54) is 6.20 Å². The Morgan fingerprint density at radius 3 is 2.75 bits per heavy atom. The van der Waals surface area contributed by atoms with Crippen molar-refractivity contribution >= 4 is 5.78 Å². The summed E-state index contributed by atoms with van der Waals surface area (Å²) in [5.74, 6) is 0.134. The fraction of sp³-hybridized carbons (Fsp3) is 0.684. The zero-order valence-electron chi connectivity index (χ0n) is 15.1. The second-order valence-corrected chi connectivity index (χ2v) is 7.60. The van der Waals surface area contributed by atoms with Gasteiger partial charge >= 0.3 is 0 Å². The van der Waals surface area contributed by atoms with Crippen LogP contribution in [0.5, 0.6) is 0 Å². The van der Waals surface area contributed by atoms with Crippen LogP contribution in [0.25, 0.3) is 0 Å². The molecule has 3 rings (SSSR count). The van der Waals surface area contributed by atoms with Crippen LogP contribution in [-0.4, -0.2) is 41.9 Å². The number of Topliss-reactive ketones (excluding diaryl/α,β-unsaturated/α-hetero) is 1. The number of piperidine rings is 2. The summed E-state index contributed by atoms with van der Waals surface area (Å²) >= 11 is 0. The number of hydrogen-bond acceptors (Lipinski definition) is 4. The first-order chi connectivity index (χ1) is 11.4. The number of rotatable bonds is 3. The molecule has 0 spiro atoms. The van der Waals surface area contributed by atoms with Crippen LogP contribution in [0.15, 0.2) is 12.3 Å². The number of aromatic nitrogens is 1. The van der Waals surface area contributed by atoms with Crippen LogP contribution >= 0.6 is 0 Å². The molecule has 1 unspecified atom stereocenters. The van der Waals surface area contributed by atoms with E-state index in [2.05, 4.69) is 17.1 Å². The lowest BCUT2D eigenvalue weighted by Gasteiger charge is -2.49. The molecule has 0 amide bonds. The van der Waals surface area contributed by atoms with E-state index in [0.717, 1.165) is 62.0 Å². The van der Waals surface area contributed by atoms with Crippen LogP contribution in [0.4, 0.5) is 0 Å². The van der Waals surface area contributed by atoms with Crippen molar-refractivity contribution < 1.29 is 9.52 Å². The Morgan fingerprint density at radius 2 is 2.04 bits per heavy atom. The molecule has 3 heterocycles. The number of carbonyl (C=O) groups excluding carboxylic acids is 1. The molecule has 1 aromatic rings. The largest absolute Gasteiger partial charge is 0.618 e. The van der Waals surface area contributed by atoms with Gasteiger partial charge in [0.2, 0.25) is 5.69 Å². The quantitative estimate of drug-likeness (QED) is 0.524. The van der Waals surface area contributed by atoms with Gasteiger partial charge in [0, 0.05) is 18.5 Å². The van der Waals surface area contributed by atoms with Crippen LogP contribution in [0.1, 0.15) is 60.6 Å². The highest BCUT2D eigenvalue weighted by molar-refractivity contribution is 6.02. The molecule has 0 bridgehead atoms. The maximum atomic E-state index is 13.4. The van der Waals surface area contributed by atoms with Gasteiger partial charge in [-0.15, -0.1) is 0 Å². The molecule has 1 aromatic heterocycles. The van der Waals surface area contributed by atoms with Crippen molar-refractivity contribution in [3.63, 3.8) is 0 Å². The second kappa shape index (κ2) is 6.81. The first-order valence-electron chi connectivity index (χ1n) is 9.15. The lowest BCUT2D eigenvalue weighted by atomic mass is 9.82. The van der Waals surface area contributed by atoms with Gasteiger partial charge in [0.15, 0.2) is 12.0 Å². The molecule has 0 aromatic carbocycles. The monoisotopic (exact) mass is 331 g/mol. The van der Waals surface area contributed by atoms with Crippen LogP contribution < -0.4 is 10.0 Å². The molecule has 2 fully saturated rings. The third-order valence-electron chi connectivity index (χ3n) is 5.97. The van der Waals surface area contributed by atoms with E-state index in [4.69, 9.17) is 0 Å². The summed E-state index contributed by atoms with van der Waals surface area (Å²) in [5.41, 5.74) is 2.14. The molecule has 0 saturated carbocycles. The van der Waals surface area contributed by atoms with Crippen LogP contribution in [0.3, 0.4) is 0 Å². The standard InChI is InChI=1S/C19H29N3O2/c1-14-7-13-22(24)15(2)17(14)18(23)16-6-4-5-12-21(16)19(3)8-10-20-11-9-19/h7,13,16,20H,4-6,8-12H2,1-3H3. The molecular weight excluding hydrogens is 302 g/mol. The van der Waals surface area contributed by atoms with Crippen molar-refractivity contribution in [1.29, 1.82) is 0 Å². The molecule has 132 valence electrons. The number of nitrogens with zero attached hydrogens (tertiary/aromatic N) is 2. The van der Waals surface area contributed by atoms with Crippen LogP contribution in [-0.2, 0) is 0 Å². The second-order valence-electron chi connectivity index (χ2n) is 7.60. The van der Waals surface area contributed by atoms with Gasteiger partial charge < -0.3 is 10.5 Å². The number of pyridine rings is 1. The Kier molecular flexibility index (Phi) is 4.92. The van der Waals surface area contributed by atoms with Gasteiger partial charge in [-0.2, -0.15) is 4.73 Å². The van der Waals surface area contributed by atoms with E-state index in [-0.39, 0.29) is 17.4 Å². The van der Waals surface area contributed by atoms with Crippen molar-refractivity contribution in [2.75, 3.05) is 19.6 Å². The Hall–Kier alpha value is -1.46. The first kappa shape index (κ1) is 17.4. The van der Waals surface area contributed by atoms with E-state index < -0.39 is 0 Å². The predicted octanol–water partition coefficient (Wildman–Crippen LogP) is 2.12. The van der Waals surface area contributed by atoms with Gasteiger partial charge in [-0.3, -0.25) is 9.69 Å². The minimum Gasteiger partial charge on any atom is -0.618 e. The average Bonchev–Trinajstić information content (AvgIpc) is 2.59. The molecule has 0 radical (unpaired) electrons. The molecule has 2 aliphatic heterocycles. The minimum absolute atomic E-state index is 0.0794. The van der Waals surface area contributed by atoms with Crippen LogP contribution in [0, 0.1) is 19.1 Å². The molecule has 0 aliphatic carbocycles. The normalized spacial score (nSPS) is 24.7. The number of likely N-dealkylation sites (tertiary alicyclic amines) is 1. The average molecular weight is 331 g/mol. The van der Waals surface area contributed by atoms with Crippen LogP contribution in [0.2, 0.25) is 0 Å². The summed E-state index contributed by atoms with van der Waals surface area (Å²) < 4.78 is 0.819. The Morgan fingerprint density at radius 1 is 1.33 bits per heavy atom. The fourth-order valence-corrected chi connectivity index (χ4v) is 4.41. The summed E-state index contributed by atoms with van der Waals surface area (Å²) in [6.07, 6.45) is 6.78. The van der Waals surface area contributed by atoms with Gasteiger partial charge in [0.1, 0.15) is 0 Å². The van der Waals surface area contributed by atoms with Gasteiger partial charge in [0.25, 0.3) is 0 Å².